The molecule has 0 unspecified atom stereocenters. The fraction of sp³-hybridized carbons (Fsp3) is 0.190. The van der Waals surface area contributed by atoms with Crippen molar-refractivity contribution in [3.05, 3.63) is 83.9 Å². The van der Waals surface area contributed by atoms with Gasteiger partial charge in [0.1, 0.15) is 0 Å². The highest BCUT2D eigenvalue weighted by Crippen LogP contribution is 2.25. The maximum atomic E-state index is 11.8. The Kier molecular flexibility index (Phi) is 5.65. The molecule has 0 saturated heterocycles. The molecule has 0 aromatic heterocycles. The van der Waals surface area contributed by atoms with Crippen LogP contribution in [0.5, 0.6) is 0 Å². The predicted octanol–water partition coefficient (Wildman–Crippen LogP) is 3.76. The lowest BCUT2D eigenvalue weighted by Gasteiger charge is -2.14. The normalized spacial score (nSPS) is 11.9. The molecule has 0 spiro atoms. The molecule has 128 valence electrons. The van der Waals surface area contributed by atoms with Gasteiger partial charge in [0.25, 0.3) is 0 Å². The van der Waals surface area contributed by atoms with Gasteiger partial charge in [-0.05, 0) is 28.3 Å². The molecule has 0 heterocycles. The van der Waals surface area contributed by atoms with E-state index in [0.717, 1.165) is 21.9 Å². The summed E-state index contributed by atoms with van der Waals surface area (Å²) in [5.74, 6) is 0. The van der Waals surface area contributed by atoms with Crippen LogP contribution in [0.25, 0.3) is 10.8 Å². The van der Waals surface area contributed by atoms with Gasteiger partial charge in [0, 0.05) is 13.1 Å². The van der Waals surface area contributed by atoms with Crippen LogP contribution in [-0.2, 0) is 6.54 Å². The number of aliphatic hydroxyl groups is 1. The van der Waals surface area contributed by atoms with Crippen molar-refractivity contribution in [2.45, 2.75) is 19.1 Å². The molecule has 3 rings (SSSR count). The first kappa shape index (κ1) is 17.0. The average Bonchev–Trinajstić information content (AvgIpc) is 2.66. The number of fused-ring (bicyclic) bond motifs is 1. The van der Waals surface area contributed by atoms with Gasteiger partial charge in [0.2, 0.25) is 0 Å². The molecule has 3 aromatic rings. The van der Waals surface area contributed by atoms with Crippen molar-refractivity contribution in [1.82, 2.24) is 10.6 Å². The van der Waals surface area contributed by atoms with E-state index in [2.05, 4.69) is 10.6 Å². The molecule has 25 heavy (non-hydrogen) atoms. The van der Waals surface area contributed by atoms with Gasteiger partial charge in [0.05, 0.1) is 6.10 Å². The summed E-state index contributed by atoms with van der Waals surface area (Å²) in [7, 11) is 0. The SMILES string of the molecule is O=C(NCC[C@@H](O)c1cccc2ccccc12)NCc1ccccc1. The van der Waals surface area contributed by atoms with Crippen molar-refractivity contribution < 1.29 is 9.90 Å². The number of carbonyl (C=O) groups excluding carboxylic acids is 1. The highest BCUT2D eigenvalue weighted by molar-refractivity contribution is 5.86. The van der Waals surface area contributed by atoms with Crippen LogP contribution in [0.1, 0.15) is 23.7 Å². The van der Waals surface area contributed by atoms with Gasteiger partial charge in [-0.1, -0.05) is 72.8 Å². The molecule has 0 bridgehead atoms. The minimum absolute atomic E-state index is 0.228. The molecule has 0 aliphatic carbocycles. The molecule has 1 atom stereocenters. The summed E-state index contributed by atoms with van der Waals surface area (Å²) in [6.07, 6.45) is -0.146. The minimum Gasteiger partial charge on any atom is -0.388 e. The molecule has 3 N–H and O–H groups in total. The summed E-state index contributed by atoms with van der Waals surface area (Å²) >= 11 is 0. The van der Waals surface area contributed by atoms with Crippen LogP contribution in [0.2, 0.25) is 0 Å². The summed E-state index contributed by atoms with van der Waals surface area (Å²) in [4.78, 5) is 11.8. The number of urea groups is 1. The number of nitrogens with one attached hydrogen (secondary N) is 2. The Morgan fingerprint density at radius 1 is 0.880 bits per heavy atom. The first-order chi connectivity index (χ1) is 12.2. The molecule has 0 aliphatic rings. The zero-order chi connectivity index (χ0) is 17.5. The lowest BCUT2D eigenvalue weighted by atomic mass is 9.99. The first-order valence-electron chi connectivity index (χ1n) is 8.45. The molecule has 0 radical (unpaired) electrons. The molecule has 4 nitrogen and oxygen atoms in total. The van der Waals surface area contributed by atoms with Gasteiger partial charge >= 0.3 is 6.03 Å². The van der Waals surface area contributed by atoms with Crippen LogP contribution < -0.4 is 10.6 Å². The van der Waals surface area contributed by atoms with E-state index < -0.39 is 6.10 Å². The van der Waals surface area contributed by atoms with Gasteiger partial charge in [-0.2, -0.15) is 0 Å². The number of rotatable bonds is 6. The van der Waals surface area contributed by atoms with E-state index in [-0.39, 0.29) is 6.03 Å². The Morgan fingerprint density at radius 3 is 2.44 bits per heavy atom. The van der Waals surface area contributed by atoms with Crippen molar-refractivity contribution in [2.75, 3.05) is 6.54 Å². The van der Waals surface area contributed by atoms with E-state index in [4.69, 9.17) is 0 Å². The molecule has 3 aromatic carbocycles. The average molecular weight is 334 g/mol. The van der Waals surface area contributed by atoms with E-state index >= 15 is 0 Å². The number of carbonyl (C=O) groups is 1. The second kappa shape index (κ2) is 8.31. The van der Waals surface area contributed by atoms with Crippen LogP contribution in [0.15, 0.2) is 72.8 Å². The fourth-order valence-electron chi connectivity index (χ4n) is 2.86. The standard InChI is InChI=1S/C21H22N2O2/c24-20(19-12-6-10-17-9-4-5-11-18(17)19)13-14-22-21(25)23-15-16-7-2-1-3-8-16/h1-12,20,24H,13-15H2,(H2,22,23,25)/t20-/m1/s1. The maximum absolute atomic E-state index is 11.8. The molecule has 0 aliphatic heterocycles. The van der Waals surface area contributed by atoms with Crippen molar-refractivity contribution in [3.8, 4) is 0 Å². The number of benzene rings is 3. The van der Waals surface area contributed by atoms with Crippen molar-refractivity contribution in [3.63, 3.8) is 0 Å². The van der Waals surface area contributed by atoms with E-state index in [1.165, 1.54) is 0 Å². The number of hydrogen-bond acceptors (Lipinski definition) is 2. The first-order valence-corrected chi connectivity index (χ1v) is 8.45. The second-order valence-electron chi connectivity index (χ2n) is 5.97. The minimum atomic E-state index is -0.611. The van der Waals surface area contributed by atoms with Gasteiger partial charge in [0.15, 0.2) is 0 Å². The summed E-state index contributed by atoms with van der Waals surface area (Å²) in [6, 6.07) is 23.4. The monoisotopic (exact) mass is 334 g/mol. The summed E-state index contributed by atoms with van der Waals surface area (Å²) in [6.45, 7) is 0.892. The summed E-state index contributed by atoms with van der Waals surface area (Å²) in [5.41, 5.74) is 1.94. The number of hydrogen-bond donors (Lipinski definition) is 3. The largest absolute Gasteiger partial charge is 0.388 e. The van der Waals surface area contributed by atoms with E-state index in [1.807, 2.05) is 72.8 Å². The van der Waals surface area contributed by atoms with Gasteiger partial charge in [-0.3, -0.25) is 0 Å². The smallest absolute Gasteiger partial charge is 0.315 e. The summed E-state index contributed by atoms with van der Waals surface area (Å²) < 4.78 is 0. The zero-order valence-electron chi connectivity index (χ0n) is 14.0. The van der Waals surface area contributed by atoms with Crippen LogP contribution in [0.4, 0.5) is 4.79 Å². The highest BCUT2D eigenvalue weighted by Gasteiger charge is 2.11. The zero-order valence-corrected chi connectivity index (χ0v) is 14.0. The third kappa shape index (κ3) is 4.58. The summed E-state index contributed by atoms with van der Waals surface area (Å²) in [5, 5.41) is 18.2. The Bertz CT molecular complexity index is 828. The lowest BCUT2D eigenvalue weighted by molar-refractivity contribution is 0.168. The van der Waals surface area contributed by atoms with Crippen LogP contribution in [0.3, 0.4) is 0 Å². The van der Waals surface area contributed by atoms with E-state index in [1.54, 1.807) is 0 Å². The number of aliphatic hydroxyl groups excluding tert-OH is 1. The molecular weight excluding hydrogens is 312 g/mol. The quantitative estimate of drug-likeness (QED) is 0.643. The Hall–Kier alpha value is -2.85. The van der Waals surface area contributed by atoms with Crippen molar-refractivity contribution in [1.29, 1.82) is 0 Å². The highest BCUT2D eigenvalue weighted by atomic mass is 16.3. The third-order valence-corrected chi connectivity index (χ3v) is 4.18. The van der Waals surface area contributed by atoms with E-state index in [9.17, 15) is 9.90 Å². The second-order valence-corrected chi connectivity index (χ2v) is 5.97. The Labute approximate surface area is 147 Å². The maximum Gasteiger partial charge on any atom is 0.315 e. The fourth-order valence-corrected chi connectivity index (χ4v) is 2.86. The van der Waals surface area contributed by atoms with Gasteiger partial charge in [-0.15, -0.1) is 0 Å². The molecule has 0 saturated carbocycles. The van der Waals surface area contributed by atoms with Crippen molar-refractivity contribution >= 4 is 16.8 Å². The Morgan fingerprint density at radius 2 is 1.60 bits per heavy atom. The van der Waals surface area contributed by atoms with Crippen LogP contribution in [0, 0.1) is 0 Å². The Balaban J connectivity index is 1.49. The van der Waals surface area contributed by atoms with Gasteiger partial charge < -0.3 is 15.7 Å². The van der Waals surface area contributed by atoms with Crippen LogP contribution >= 0.6 is 0 Å². The third-order valence-electron chi connectivity index (χ3n) is 4.18. The molecule has 2 amide bonds. The van der Waals surface area contributed by atoms with E-state index in [0.29, 0.717) is 19.5 Å². The predicted molar refractivity (Wildman–Crippen MR) is 100 cm³/mol. The van der Waals surface area contributed by atoms with Crippen molar-refractivity contribution in [2.24, 2.45) is 0 Å². The van der Waals surface area contributed by atoms with Crippen LogP contribution in [-0.4, -0.2) is 17.7 Å². The number of amides is 2. The lowest BCUT2D eigenvalue weighted by Crippen LogP contribution is -2.36. The molecule has 4 heteroatoms. The van der Waals surface area contributed by atoms with Gasteiger partial charge in [-0.25, -0.2) is 4.79 Å². The molecular formula is C21H22N2O2. The molecule has 0 fully saturated rings. The topological polar surface area (TPSA) is 61.4 Å².